The summed E-state index contributed by atoms with van der Waals surface area (Å²) in [5.74, 6) is -0.747. The van der Waals surface area contributed by atoms with E-state index in [1.807, 2.05) is 36.1 Å². The minimum Gasteiger partial charge on any atom is -0.492 e. The summed E-state index contributed by atoms with van der Waals surface area (Å²) >= 11 is 0. The highest BCUT2D eigenvalue weighted by molar-refractivity contribution is 5.94. The molecule has 5 nitrogen and oxygen atoms in total. The lowest BCUT2D eigenvalue weighted by atomic mass is 10.2. The monoisotopic (exact) mass is 389 g/mol. The van der Waals surface area contributed by atoms with E-state index in [1.54, 1.807) is 6.92 Å². The van der Waals surface area contributed by atoms with E-state index in [1.165, 1.54) is 0 Å². The third-order valence-corrected chi connectivity index (χ3v) is 4.93. The van der Waals surface area contributed by atoms with Crippen LogP contribution in [-0.4, -0.2) is 49.6 Å². The molecule has 1 N–H and O–H groups in total. The second-order valence-corrected chi connectivity index (χ2v) is 6.71. The van der Waals surface area contributed by atoms with Crippen LogP contribution < -0.4 is 15.0 Å². The first-order chi connectivity index (χ1) is 13.5. The number of ether oxygens (including phenoxy) is 1. The molecule has 1 amide bonds. The highest BCUT2D eigenvalue weighted by atomic mass is 19.1. The number of piperazine rings is 1. The number of hydrogen-bond donors (Lipinski definition) is 1. The van der Waals surface area contributed by atoms with Gasteiger partial charge in [0.2, 0.25) is 5.91 Å². The Labute approximate surface area is 163 Å². The maximum absolute atomic E-state index is 13.8. The second kappa shape index (κ2) is 9.01. The first kappa shape index (κ1) is 20.1. The van der Waals surface area contributed by atoms with Crippen LogP contribution in [0.2, 0.25) is 0 Å². The number of anilines is 2. The molecule has 1 atom stereocenters. The molecule has 0 saturated carbocycles. The third-order valence-electron chi connectivity index (χ3n) is 4.93. The number of benzene rings is 2. The lowest BCUT2D eigenvalue weighted by molar-refractivity contribution is -0.120. The van der Waals surface area contributed by atoms with Gasteiger partial charge in [-0.25, -0.2) is 8.78 Å². The second-order valence-electron chi connectivity index (χ2n) is 6.71. The summed E-state index contributed by atoms with van der Waals surface area (Å²) in [5.41, 5.74) is 0.907. The van der Waals surface area contributed by atoms with Crippen molar-refractivity contribution in [2.75, 3.05) is 43.0 Å². The van der Waals surface area contributed by atoms with E-state index in [0.717, 1.165) is 42.7 Å². The molecule has 0 spiro atoms. The van der Waals surface area contributed by atoms with Crippen molar-refractivity contribution < 1.29 is 18.3 Å². The Hall–Kier alpha value is -2.67. The summed E-state index contributed by atoms with van der Waals surface area (Å²) in [7, 11) is 0. The van der Waals surface area contributed by atoms with Crippen molar-refractivity contribution >= 4 is 17.3 Å². The first-order valence-electron chi connectivity index (χ1n) is 9.46. The van der Waals surface area contributed by atoms with Gasteiger partial charge in [-0.05, 0) is 38.1 Å². The Morgan fingerprint density at radius 2 is 1.86 bits per heavy atom. The fraction of sp³-hybridized carbons (Fsp3) is 0.381. The van der Waals surface area contributed by atoms with Crippen LogP contribution in [0.4, 0.5) is 20.2 Å². The quantitative estimate of drug-likeness (QED) is 0.821. The van der Waals surface area contributed by atoms with Crippen molar-refractivity contribution in [1.29, 1.82) is 0 Å². The zero-order valence-corrected chi connectivity index (χ0v) is 16.1. The van der Waals surface area contributed by atoms with Crippen LogP contribution in [0.25, 0.3) is 0 Å². The van der Waals surface area contributed by atoms with E-state index in [2.05, 4.69) is 10.2 Å². The molecule has 1 aliphatic heterocycles. The number of nitrogens with zero attached hydrogens (tertiary/aromatic N) is 2. The van der Waals surface area contributed by atoms with Gasteiger partial charge < -0.3 is 15.0 Å². The molecule has 1 fully saturated rings. The molecule has 1 aliphatic rings. The number of nitrogens with one attached hydrogen (secondary N) is 1. The molecule has 0 unspecified atom stereocenters. The third kappa shape index (κ3) is 4.59. The van der Waals surface area contributed by atoms with Crippen LogP contribution in [0.15, 0.2) is 42.5 Å². The molecule has 0 radical (unpaired) electrons. The number of hydrogen-bond acceptors (Lipinski definition) is 4. The highest BCUT2D eigenvalue weighted by Crippen LogP contribution is 2.29. The zero-order chi connectivity index (χ0) is 20.1. The SMILES string of the molecule is CCOc1ccccc1N1CCN([C@@H](C)C(=O)Nc2cc(F)ccc2F)CC1. The smallest absolute Gasteiger partial charge is 0.241 e. The van der Waals surface area contributed by atoms with Crippen LogP contribution >= 0.6 is 0 Å². The Kier molecular flexibility index (Phi) is 6.46. The van der Waals surface area contributed by atoms with Gasteiger partial charge in [-0.3, -0.25) is 9.69 Å². The van der Waals surface area contributed by atoms with Crippen LogP contribution in [0, 0.1) is 11.6 Å². The summed E-state index contributed by atoms with van der Waals surface area (Å²) in [6.07, 6.45) is 0. The summed E-state index contributed by atoms with van der Waals surface area (Å²) < 4.78 is 32.8. The van der Waals surface area contributed by atoms with Gasteiger partial charge in [0, 0.05) is 32.2 Å². The number of carbonyl (C=O) groups excluding carboxylic acids is 1. The molecule has 1 saturated heterocycles. The van der Waals surface area contributed by atoms with Crippen molar-refractivity contribution in [2.24, 2.45) is 0 Å². The molecule has 150 valence electrons. The molecule has 3 rings (SSSR count). The number of carbonyl (C=O) groups is 1. The van der Waals surface area contributed by atoms with E-state index in [-0.39, 0.29) is 11.6 Å². The standard InChI is InChI=1S/C21H25F2N3O2/c1-3-28-20-7-5-4-6-19(20)26-12-10-25(11-13-26)15(2)21(27)24-18-14-16(22)8-9-17(18)23/h4-9,14-15H,3,10-13H2,1-2H3,(H,24,27)/t15-/m0/s1. The molecule has 0 bridgehead atoms. The lowest BCUT2D eigenvalue weighted by Crippen LogP contribution is -2.53. The normalized spacial score (nSPS) is 15.9. The molecule has 7 heteroatoms. The van der Waals surface area contributed by atoms with E-state index < -0.39 is 17.7 Å². The number of halogens is 2. The Balaban J connectivity index is 1.60. The number of rotatable bonds is 6. The molecular weight excluding hydrogens is 364 g/mol. The average molecular weight is 389 g/mol. The maximum atomic E-state index is 13.8. The van der Waals surface area contributed by atoms with E-state index in [4.69, 9.17) is 4.74 Å². The van der Waals surface area contributed by atoms with Crippen LogP contribution in [0.5, 0.6) is 5.75 Å². The molecule has 2 aromatic carbocycles. The predicted molar refractivity (Wildman–Crippen MR) is 106 cm³/mol. The van der Waals surface area contributed by atoms with Gasteiger partial charge in [-0.1, -0.05) is 12.1 Å². The van der Waals surface area contributed by atoms with Crippen molar-refractivity contribution in [1.82, 2.24) is 4.90 Å². The summed E-state index contributed by atoms with van der Waals surface area (Å²) in [5, 5.41) is 2.49. The zero-order valence-electron chi connectivity index (χ0n) is 16.1. The van der Waals surface area contributed by atoms with Crippen LogP contribution in [0.1, 0.15) is 13.8 Å². The molecule has 0 aliphatic carbocycles. The van der Waals surface area contributed by atoms with E-state index in [9.17, 15) is 13.6 Å². The first-order valence-corrected chi connectivity index (χ1v) is 9.46. The highest BCUT2D eigenvalue weighted by Gasteiger charge is 2.27. The van der Waals surface area contributed by atoms with Gasteiger partial charge >= 0.3 is 0 Å². The van der Waals surface area contributed by atoms with Gasteiger partial charge in [-0.2, -0.15) is 0 Å². The minimum absolute atomic E-state index is 0.138. The Morgan fingerprint density at radius 1 is 1.14 bits per heavy atom. The summed E-state index contributed by atoms with van der Waals surface area (Å²) in [6.45, 7) is 7.19. The summed E-state index contributed by atoms with van der Waals surface area (Å²) in [4.78, 5) is 16.8. The topological polar surface area (TPSA) is 44.8 Å². The predicted octanol–water partition coefficient (Wildman–Crippen LogP) is 3.51. The average Bonchev–Trinajstić information content (AvgIpc) is 2.71. The van der Waals surface area contributed by atoms with E-state index in [0.29, 0.717) is 19.7 Å². The molecule has 0 aromatic heterocycles. The van der Waals surface area contributed by atoms with Crippen molar-refractivity contribution in [3.63, 3.8) is 0 Å². The van der Waals surface area contributed by atoms with Gasteiger partial charge in [-0.15, -0.1) is 0 Å². The van der Waals surface area contributed by atoms with Crippen LogP contribution in [0.3, 0.4) is 0 Å². The lowest BCUT2D eigenvalue weighted by Gasteiger charge is -2.39. The molecular formula is C21H25F2N3O2. The van der Waals surface area contributed by atoms with Gasteiger partial charge in [0.1, 0.15) is 17.4 Å². The van der Waals surface area contributed by atoms with Crippen molar-refractivity contribution in [3.05, 3.63) is 54.1 Å². The van der Waals surface area contributed by atoms with E-state index >= 15 is 0 Å². The molecule has 1 heterocycles. The van der Waals surface area contributed by atoms with Gasteiger partial charge in [0.15, 0.2) is 0 Å². The number of para-hydroxylation sites is 2. The largest absolute Gasteiger partial charge is 0.492 e. The molecule has 28 heavy (non-hydrogen) atoms. The molecule has 2 aromatic rings. The fourth-order valence-corrected chi connectivity index (χ4v) is 3.34. The van der Waals surface area contributed by atoms with Crippen LogP contribution in [-0.2, 0) is 4.79 Å². The Morgan fingerprint density at radius 3 is 2.57 bits per heavy atom. The number of amides is 1. The fourth-order valence-electron chi connectivity index (χ4n) is 3.34. The maximum Gasteiger partial charge on any atom is 0.241 e. The summed E-state index contributed by atoms with van der Waals surface area (Å²) in [6, 6.07) is 10.5. The van der Waals surface area contributed by atoms with Gasteiger partial charge in [0.05, 0.1) is 24.0 Å². The minimum atomic E-state index is -0.653. The Bertz CT molecular complexity index is 823. The van der Waals surface area contributed by atoms with Crippen molar-refractivity contribution in [3.8, 4) is 5.75 Å². The van der Waals surface area contributed by atoms with Gasteiger partial charge in [0.25, 0.3) is 0 Å². The van der Waals surface area contributed by atoms with Crippen molar-refractivity contribution in [2.45, 2.75) is 19.9 Å².